The topological polar surface area (TPSA) is 90.7 Å². The first-order valence-electron chi connectivity index (χ1n) is 8.26. The summed E-state index contributed by atoms with van der Waals surface area (Å²) in [6.07, 6.45) is 3.74. The number of nitrogens with zero attached hydrogens (tertiary/aromatic N) is 1. The molecule has 0 bridgehead atoms. The average molecular weight is 349 g/mol. The van der Waals surface area contributed by atoms with Crippen molar-refractivity contribution in [1.82, 2.24) is 4.98 Å². The Morgan fingerprint density at radius 3 is 2.42 bits per heavy atom. The van der Waals surface area contributed by atoms with Gasteiger partial charge in [0.05, 0.1) is 6.61 Å². The summed E-state index contributed by atoms with van der Waals surface area (Å²) < 4.78 is 0. The number of carboxylic acid groups (broad SMARTS) is 1. The molecule has 0 atom stereocenters. The summed E-state index contributed by atoms with van der Waals surface area (Å²) in [6, 6.07) is 14.4. The Hall–Kier alpha value is -3.18. The fourth-order valence-electron chi connectivity index (χ4n) is 3.01. The highest BCUT2D eigenvalue weighted by molar-refractivity contribution is 5.76. The van der Waals surface area contributed by atoms with Crippen LogP contribution < -0.4 is 0 Å². The average Bonchev–Trinajstić information content (AvgIpc) is 2.66. The molecule has 1 aromatic heterocycles. The maximum Gasteiger partial charge on any atom is 0.303 e. The van der Waals surface area contributed by atoms with Gasteiger partial charge in [-0.2, -0.15) is 0 Å². The van der Waals surface area contributed by atoms with Gasteiger partial charge in [-0.3, -0.25) is 9.78 Å². The van der Waals surface area contributed by atoms with Crippen molar-refractivity contribution in [3.63, 3.8) is 0 Å². The molecule has 3 aromatic rings. The fraction of sp³-hybridized carbons (Fsp3) is 0.143. The molecule has 0 aliphatic heterocycles. The molecule has 1 heterocycles. The number of carbonyl (C=O) groups is 1. The van der Waals surface area contributed by atoms with Crippen LogP contribution in [0, 0.1) is 0 Å². The fourth-order valence-corrected chi connectivity index (χ4v) is 3.01. The number of aliphatic hydroxyl groups is 1. The van der Waals surface area contributed by atoms with Crippen molar-refractivity contribution in [3.05, 3.63) is 72.1 Å². The second-order valence-electron chi connectivity index (χ2n) is 6.01. The van der Waals surface area contributed by atoms with E-state index in [0.717, 1.165) is 33.4 Å². The summed E-state index contributed by atoms with van der Waals surface area (Å²) in [5, 5.41) is 28.5. The first-order chi connectivity index (χ1) is 12.6. The third-order valence-electron chi connectivity index (χ3n) is 4.26. The minimum Gasteiger partial charge on any atom is -0.508 e. The molecule has 3 N–H and O–H groups in total. The molecule has 0 fully saturated rings. The molecule has 0 saturated heterocycles. The number of phenols is 1. The zero-order chi connectivity index (χ0) is 18.5. The van der Waals surface area contributed by atoms with Crippen molar-refractivity contribution in [2.45, 2.75) is 19.4 Å². The van der Waals surface area contributed by atoms with Gasteiger partial charge in [-0.25, -0.2) is 0 Å². The highest BCUT2D eigenvalue weighted by atomic mass is 16.4. The van der Waals surface area contributed by atoms with Crippen LogP contribution in [0.3, 0.4) is 0 Å². The first kappa shape index (κ1) is 17.6. The van der Waals surface area contributed by atoms with Crippen LogP contribution in [0.15, 0.2) is 60.9 Å². The predicted molar refractivity (Wildman–Crippen MR) is 98.7 cm³/mol. The zero-order valence-electron chi connectivity index (χ0n) is 14.1. The molecular formula is C21H19NO4. The van der Waals surface area contributed by atoms with E-state index in [1.807, 2.05) is 30.3 Å². The smallest absolute Gasteiger partial charge is 0.303 e. The van der Waals surface area contributed by atoms with Crippen molar-refractivity contribution in [2.75, 3.05) is 0 Å². The standard InChI is InChI=1S/C21H19NO4/c23-13-17-10-14(3-6-20(17)16-2-1-9-22-12-16)19-7-5-18(24)11-15(19)4-8-21(25)26/h1-3,5-7,9-12,23-24H,4,8,13H2,(H,25,26). The van der Waals surface area contributed by atoms with E-state index in [0.29, 0.717) is 6.42 Å². The monoisotopic (exact) mass is 349 g/mol. The summed E-state index contributed by atoms with van der Waals surface area (Å²) in [7, 11) is 0. The van der Waals surface area contributed by atoms with Crippen LogP contribution in [0.2, 0.25) is 0 Å². The highest BCUT2D eigenvalue weighted by Crippen LogP contribution is 2.32. The largest absolute Gasteiger partial charge is 0.508 e. The van der Waals surface area contributed by atoms with E-state index in [9.17, 15) is 15.0 Å². The SMILES string of the molecule is O=C(O)CCc1cc(O)ccc1-c1ccc(-c2cccnc2)c(CO)c1. The van der Waals surface area contributed by atoms with Gasteiger partial charge in [0.1, 0.15) is 5.75 Å². The number of pyridine rings is 1. The molecule has 0 saturated carbocycles. The molecule has 5 heteroatoms. The third-order valence-corrected chi connectivity index (χ3v) is 4.26. The number of rotatable bonds is 6. The second kappa shape index (κ2) is 7.80. The number of carboxylic acids is 1. The summed E-state index contributed by atoms with van der Waals surface area (Å²) in [4.78, 5) is 15.0. The van der Waals surface area contributed by atoms with Crippen LogP contribution >= 0.6 is 0 Å². The molecule has 2 aromatic carbocycles. The molecule has 5 nitrogen and oxygen atoms in total. The van der Waals surface area contributed by atoms with Crippen molar-refractivity contribution >= 4 is 5.97 Å². The minimum atomic E-state index is -0.887. The zero-order valence-corrected chi connectivity index (χ0v) is 14.1. The Kier molecular flexibility index (Phi) is 5.29. The summed E-state index contributed by atoms with van der Waals surface area (Å²) in [5.41, 5.74) is 5.03. The molecule has 132 valence electrons. The van der Waals surface area contributed by atoms with Crippen LogP contribution in [0.25, 0.3) is 22.3 Å². The van der Waals surface area contributed by atoms with Crippen molar-refractivity contribution in [3.8, 4) is 28.0 Å². The normalized spacial score (nSPS) is 10.7. The van der Waals surface area contributed by atoms with E-state index in [4.69, 9.17) is 5.11 Å². The van der Waals surface area contributed by atoms with E-state index in [2.05, 4.69) is 4.98 Å². The number of benzene rings is 2. The maximum atomic E-state index is 10.9. The Morgan fingerprint density at radius 1 is 0.962 bits per heavy atom. The molecule has 0 spiro atoms. The molecular weight excluding hydrogens is 330 g/mol. The number of hydrogen-bond donors (Lipinski definition) is 3. The third kappa shape index (κ3) is 3.90. The van der Waals surface area contributed by atoms with E-state index >= 15 is 0 Å². The van der Waals surface area contributed by atoms with Gasteiger partial charge in [0.25, 0.3) is 0 Å². The number of aliphatic hydroxyl groups excluding tert-OH is 1. The number of hydrogen-bond acceptors (Lipinski definition) is 4. The number of aliphatic carboxylic acids is 1. The van der Waals surface area contributed by atoms with Crippen molar-refractivity contribution in [2.24, 2.45) is 0 Å². The molecule has 0 amide bonds. The molecule has 26 heavy (non-hydrogen) atoms. The van der Waals surface area contributed by atoms with Crippen LogP contribution in [0.5, 0.6) is 5.75 Å². The molecule has 0 unspecified atom stereocenters. The van der Waals surface area contributed by atoms with E-state index in [1.165, 1.54) is 0 Å². The van der Waals surface area contributed by atoms with Gasteiger partial charge in [-0.1, -0.05) is 24.3 Å². The van der Waals surface area contributed by atoms with Gasteiger partial charge in [0, 0.05) is 24.4 Å². The molecule has 3 rings (SSSR count). The quantitative estimate of drug-likeness (QED) is 0.632. The van der Waals surface area contributed by atoms with Gasteiger partial charge in [0.15, 0.2) is 0 Å². The Balaban J connectivity index is 2.04. The number of phenolic OH excluding ortho intramolecular Hbond substituents is 1. The van der Waals surface area contributed by atoms with Crippen LogP contribution in [0.1, 0.15) is 17.5 Å². The second-order valence-corrected chi connectivity index (χ2v) is 6.01. The number of aryl methyl sites for hydroxylation is 1. The van der Waals surface area contributed by atoms with E-state index in [-0.39, 0.29) is 18.8 Å². The predicted octanol–water partition coefficient (Wildman–Crippen LogP) is 3.63. The Morgan fingerprint density at radius 2 is 1.73 bits per heavy atom. The highest BCUT2D eigenvalue weighted by Gasteiger charge is 2.12. The Bertz CT molecular complexity index is 923. The number of aromatic hydroxyl groups is 1. The van der Waals surface area contributed by atoms with Gasteiger partial charge in [-0.15, -0.1) is 0 Å². The minimum absolute atomic E-state index is 0.0168. The van der Waals surface area contributed by atoms with Crippen LogP contribution in [-0.2, 0) is 17.8 Å². The van der Waals surface area contributed by atoms with Crippen LogP contribution in [0.4, 0.5) is 0 Å². The van der Waals surface area contributed by atoms with E-state index in [1.54, 1.807) is 30.6 Å². The van der Waals surface area contributed by atoms with Crippen molar-refractivity contribution in [1.29, 1.82) is 0 Å². The summed E-state index contributed by atoms with van der Waals surface area (Å²) in [6.45, 7) is -0.124. The first-order valence-corrected chi connectivity index (χ1v) is 8.26. The lowest BCUT2D eigenvalue weighted by molar-refractivity contribution is -0.136. The van der Waals surface area contributed by atoms with Gasteiger partial charge >= 0.3 is 5.97 Å². The lowest BCUT2D eigenvalue weighted by Gasteiger charge is -2.13. The van der Waals surface area contributed by atoms with Crippen molar-refractivity contribution < 1.29 is 20.1 Å². The summed E-state index contributed by atoms with van der Waals surface area (Å²) in [5.74, 6) is -0.786. The van der Waals surface area contributed by atoms with Gasteiger partial charge in [-0.05, 0) is 58.5 Å². The molecule has 0 radical (unpaired) electrons. The van der Waals surface area contributed by atoms with Crippen LogP contribution in [-0.4, -0.2) is 26.3 Å². The number of aromatic nitrogens is 1. The van der Waals surface area contributed by atoms with E-state index < -0.39 is 5.97 Å². The maximum absolute atomic E-state index is 10.9. The lowest BCUT2D eigenvalue weighted by Crippen LogP contribution is -1.99. The lowest BCUT2D eigenvalue weighted by atomic mass is 9.92. The summed E-state index contributed by atoms with van der Waals surface area (Å²) >= 11 is 0. The van der Waals surface area contributed by atoms with Gasteiger partial charge in [0.2, 0.25) is 0 Å². The molecule has 0 aliphatic rings. The molecule has 0 aliphatic carbocycles. The Labute approximate surface area is 151 Å². The van der Waals surface area contributed by atoms with Gasteiger partial charge < -0.3 is 15.3 Å².